The summed E-state index contributed by atoms with van der Waals surface area (Å²) >= 11 is 3.15. The molecule has 8 heteroatoms. The number of primary amides is 1. The lowest BCUT2D eigenvalue weighted by molar-refractivity contribution is -0.386. The van der Waals surface area contributed by atoms with Gasteiger partial charge in [0.2, 0.25) is 5.91 Å². The zero-order valence-electron chi connectivity index (χ0n) is 10.5. The molecule has 1 aromatic carbocycles. The highest BCUT2D eigenvalue weighted by atomic mass is 79.9. The van der Waals surface area contributed by atoms with Crippen LogP contribution < -0.4 is 16.2 Å². The van der Waals surface area contributed by atoms with E-state index in [0.29, 0.717) is 4.47 Å². The molecule has 0 bridgehead atoms. The lowest BCUT2D eigenvalue weighted by Gasteiger charge is -2.25. The fourth-order valence-electron chi connectivity index (χ4n) is 1.94. The van der Waals surface area contributed by atoms with Crippen LogP contribution in [0.2, 0.25) is 0 Å². The molecule has 1 fully saturated rings. The third kappa shape index (κ3) is 2.91. The van der Waals surface area contributed by atoms with Crippen molar-refractivity contribution in [2.45, 2.75) is 18.4 Å². The number of halogens is 1. The van der Waals surface area contributed by atoms with Crippen molar-refractivity contribution in [2.75, 3.05) is 6.61 Å². The van der Waals surface area contributed by atoms with E-state index in [9.17, 15) is 14.9 Å². The lowest BCUT2D eigenvalue weighted by atomic mass is 9.95. The number of nitro groups is 1. The lowest BCUT2D eigenvalue weighted by Crippen LogP contribution is -2.58. The Balaban J connectivity index is 2.18. The molecule has 1 unspecified atom stereocenters. The van der Waals surface area contributed by atoms with Gasteiger partial charge in [0.25, 0.3) is 0 Å². The maximum absolute atomic E-state index is 11.5. The predicted molar refractivity (Wildman–Crippen MR) is 75.1 cm³/mol. The number of benzene rings is 1. The summed E-state index contributed by atoms with van der Waals surface area (Å²) in [6.07, 6.45) is 1.62. The first kappa shape index (κ1) is 14.7. The van der Waals surface area contributed by atoms with Gasteiger partial charge >= 0.3 is 5.69 Å². The van der Waals surface area contributed by atoms with Gasteiger partial charge in [0, 0.05) is 10.5 Å². The molecule has 2 rings (SSSR count). The van der Waals surface area contributed by atoms with E-state index in [4.69, 9.17) is 16.2 Å². The van der Waals surface area contributed by atoms with E-state index in [-0.39, 0.29) is 24.0 Å². The number of carbonyl (C=O) groups is 1. The van der Waals surface area contributed by atoms with Gasteiger partial charge in [0.05, 0.1) is 4.92 Å². The number of hydrogen-bond acceptors (Lipinski definition) is 5. The van der Waals surface area contributed by atoms with Crippen molar-refractivity contribution in [1.82, 2.24) is 0 Å². The molecule has 0 aliphatic heterocycles. The van der Waals surface area contributed by atoms with E-state index in [1.165, 1.54) is 12.1 Å². The van der Waals surface area contributed by atoms with Crippen LogP contribution in [-0.4, -0.2) is 23.0 Å². The number of amides is 1. The highest BCUT2D eigenvalue weighted by Crippen LogP contribution is 2.39. The summed E-state index contributed by atoms with van der Waals surface area (Å²) in [5, 5.41) is 11.0. The summed E-state index contributed by atoms with van der Waals surface area (Å²) in [4.78, 5) is 21.9. The number of nitrogens with zero attached hydrogens (tertiary/aromatic N) is 1. The molecule has 0 heterocycles. The standard InChI is InChI=1S/C12H14BrN3O4/c13-8-3-4-10(9(5-8)16(18)19)20-6-12(15,11(14)17)7-1-2-7/h3-5,7H,1-2,6,15H2,(H2,14,17). The van der Waals surface area contributed by atoms with Gasteiger partial charge in [0.1, 0.15) is 12.1 Å². The molecule has 1 aromatic rings. The molecule has 1 atom stereocenters. The number of ether oxygens (including phenoxy) is 1. The van der Waals surface area contributed by atoms with E-state index in [2.05, 4.69) is 15.9 Å². The monoisotopic (exact) mass is 343 g/mol. The smallest absolute Gasteiger partial charge is 0.312 e. The Hall–Kier alpha value is -1.67. The SMILES string of the molecule is NC(=O)C(N)(COc1ccc(Br)cc1[N+](=O)[O-])C1CC1. The maximum Gasteiger partial charge on any atom is 0.312 e. The third-order valence-corrected chi connectivity index (χ3v) is 3.84. The fraction of sp³-hybridized carbons (Fsp3) is 0.417. The quantitative estimate of drug-likeness (QED) is 0.595. The van der Waals surface area contributed by atoms with Crippen LogP contribution >= 0.6 is 15.9 Å². The van der Waals surface area contributed by atoms with Crippen LogP contribution in [-0.2, 0) is 4.79 Å². The molecule has 4 N–H and O–H groups in total. The van der Waals surface area contributed by atoms with Gasteiger partial charge in [-0.2, -0.15) is 0 Å². The van der Waals surface area contributed by atoms with Gasteiger partial charge in [-0.05, 0) is 30.9 Å². The maximum atomic E-state index is 11.5. The molecule has 0 spiro atoms. The molecule has 7 nitrogen and oxygen atoms in total. The highest BCUT2D eigenvalue weighted by molar-refractivity contribution is 9.10. The van der Waals surface area contributed by atoms with Crippen LogP contribution in [0.15, 0.2) is 22.7 Å². The molecule has 1 aliphatic carbocycles. The summed E-state index contributed by atoms with van der Waals surface area (Å²) < 4.78 is 5.96. The number of hydrogen-bond donors (Lipinski definition) is 2. The van der Waals surface area contributed by atoms with Crippen molar-refractivity contribution >= 4 is 27.5 Å². The molecular weight excluding hydrogens is 330 g/mol. The number of nitrogens with two attached hydrogens (primary N) is 2. The summed E-state index contributed by atoms with van der Waals surface area (Å²) in [6.45, 7) is -0.171. The fourth-order valence-corrected chi connectivity index (χ4v) is 2.29. The second-order valence-electron chi connectivity index (χ2n) is 4.84. The van der Waals surface area contributed by atoms with Crippen molar-refractivity contribution < 1.29 is 14.5 Å². The Labute approximate surface area is 123 Å². The van der Waals surface area contributed by atoms with E-state index in [0.717, 1.165) is 12.8 Å². The Kier molecular flexibility index (Phi) is 3.96. The third-order valence-electron chi connectivity index (χ3n) is 3.35. The minimum absolute atomic E-state index is 0.0190. The molecule has 1 aliphatic rings. The summed E-state index contributed by atoms with van der Waals surface area (Å²) in [6, 6.07) is 4.40. The Morgan fingerprint density at radius 3 is 2.70 bits per heavy atom. The van der Waals surface area contributed by atoms with Crippen LogP contribution in [0.4, 0.5) is 5.69 Å². The van der Waals surface area contributed by atoms with Crippen molar-refractivity contribution in [3.8, 4) is 5.75 Å². The predicted octanol–water partition coefficient (Wildman–Crippen LogP) is 1.33. The van der Waals surface area contributed by atoms with Crippen LogP contribution in [0.25, 0.3) is 0 Å². The van der Waals surface area contributed by atoms with Crippen molar-refractivity contribution in [2.24, 2.45) is 17.4 Å². The summed E-state index contributed by atoms with van der Waals surface area (Å²) in [7, 11) is 0. The molecule has 20 heavy (non-hydrogen) atoms. The second kappa shape index (κ2) is 5.37. The van der Waals surface area contributed by atoms with Gasteiger partial charge in [-0.3, -0.25) is 14.9 Å². The van der Waals surface area contributed by atoms with Crippen LogP contribution in [0.5, 0.6) is 5.75 Å². The molecule has 108 valence electrons. The zero-order valence-corrected chi connectivity index (χ0v) is 12.1. The second-order valence-corrected chi connectivity index (χ2v) is 5.75. The summed E-state index contributed by atoms with van der Waals surface area (Å²) in [5.74, 6) is -0.607. The average molecular weight is 344 g/mol. The Morgan fingerprint density at radius 2 is 2.20 bits per heavy atom. The average Bonchev–Trinajstić information content (AvgIpc) is 3.21. The number of nitro benzene ring substituents is 1. The first-order chi connectivity index (χ1) is 9.34. The number of carbonyl (C=O) groups excluding carboxylic acids is 1. The van der Waals surface area contributed by atoms with Crippen molar-refractivity contribution in [3.05, 3.63) is 32.8 Å². The topological polar surface area (TPSA) is 121 Å². The van der Waals surface area contributed by atoms with Crippen molar-refractivity contribution in [1.29, 1.82) is 0 Å². The largest absolute Gasteiger partial charge is 0.484 e. The summed E-state index contributed by atoms with van der Waals surface area (Å²) in [5.41, 5.74) is 9.81. The van der Waals surface area contributed by atoms with E-state index in [1.807, 2.05) is 0 Å². The van der Waals surface area contributed by atoms with Gasteiger partial charge < -0.3 is 16.2 Å². The van der Waals surface area contributed by atoms with E-state index < -0.39 is 16.4 Å². The first-order valence-corrected chi connectivity index (χ1v) is 6.79. The molecule has 1 saturated carbocycles. The molecule has 1 amide bonds. The highest BCUT2D eigenvalue weighted by Gasteiger charge is 2.47. The van der Waals surface area contributed by atoms with E-state index in [1.54, 1.807) is 6.07 Å². The minimum Gasteiger partial charge on any atom is -0.484 e. The van der Waals surface area contributed by atoms with Gasteiger partial charge in [-0.15, -0.1) is 0 Å². The van der Waals surface area contributed by atoms with Gasteiger partial charge in [-0.1, -0.05) is 15.9 Å². The Bertz CT molecular complexity index is 562. The zero-order chi connectivity index (χ0) is 14.9. The molecule has 0 aromatic heterocycles. The Morgan fingerprint density at radius 1 is 1.55 bits per heavy atom. The van der Waals surface area contributed by atoms with Gasteiger partial charge in [0.15, 0.2) is 5.75 Å². The van der Waals surface area contributed by atoms with Crippen molar-refractivity contribution in [3.63, 3.8) is 0 Å². The van der Waals surface area contributed by atoms with Gasteiger partial charge in [-0.25, -0.2) is 0 Å². The molecule has 0 saturated heterocycles. The molecule has 0 radical (unpaired) electrons. The first-order valence-electron chi connectivity index (χ1n) is 6.00. The number of rotatable bonds is 6. The normalized spacial score (nSPS) is 17.3. The van der Waals surface area contributed by atoms with Crippen LogP contribution in [0, 0.1) is 16.0 Å². The molecular formula is C12H14BrN3O4. The minimum atomic E-state index is -1.28. The van der Waals surface area contributed by atoms with Crippen LogP contribution in [0.3, 0.4) is 0 Å². The van der Waals surface area contributed by atoms with E-state index >= 15 is 0 Å². The van der Waals surface area contributed by atoms with Crippen LogP contribution in [0.1, 0.15) is 12.8 Å².